The number of hydrogen-bond acceptors (Lipinski definition) is 0. The van der Waals surface area contributed by atoms with Crippen molar-refractivity contribution in [3.05, 3.63) is 34.9 Å². The molecule has 0 saturated heterocycles. The fourth-order valence-electron chi connectivity index (χ4n) is 2.97. The molecule has 1 aliphatic carbocycles. The summed E-state index contributed by atoms with van der Waals surface area (Å²) in [5.74, 6) is 0.834. The molecule has 0 unspecified atom stereocenters. The summed E-state index contributed by atoms with van der Waals surface area (Å²) in [5, 5.41) is 0. The van der Waals surface area contributed by atoms with E-state index in [-0.39, 0.29) is 0 Å². The van der Waals surface area contributed by atoms with Crippen LogP contribution in [0.25, 0.3) is 0 Å². The maximum Gasteiger partial charge on any atom is -0.0159 e. The maximum absolute atomic E-state index is 2.42. The zero-order chi connectivity index (χ0) is 11.4. The van der Waals surface area contributed by atoms with Crippen LogP contribution in [-0.4, -0.2) is 0 Å². The highest BCUT2D eigenvalue weighted by Crippen LogP contribution is 2.32. The van der Waals surface area contributed by atoms with Crippen LogP contribution in [0.3, 0.4) is 0 Å². The summed E-state index contributed by atoms with van der Waals surface area (Å²) in [6.45, 7) is 4.49. The quantitative estimate of drug-likeness (QED) is 0.610. The van der Waals surface area contributed by atoms with Gasteiger partial charge in [0.15, 0.2) is 0 Å². The average Bonchev–Trinajstić information content (AvgIpc) is 2.22. The molecule has 0 aliphatic heterocycles. The van der Waals surface area contributed by atoms with Crippen LogP contribution >= 0.6 is 0 Å². The summed E-state index contributed by atoms with van der Waals surface area (Å²) in [7, 11) is 0. The van der Waals surface area contributed by atoms with Crippen LogP contribution < -0.4 is 0 Å². The summed E-state index contributed by atoms with van der Waals surface area (Å²) in [4.78, 5) is 0. The Bertz CT molecular complexity index is 330. The standard InChI is InChI=1S/C16H24/c1-13-10-11-14(2)16(12-13)15-8-6-4-3-5-7-9-15/h10-12,15H,3-9H2,1-2H3. The molecule has 1 fully saturated rings. The van der Waals surface area contributed by atoms with Gasteiger partial charge in [-0.15, -0.1) is 0 Å². The molecular formula is C16H24. The van der Waals surface area contributed by atoms with Crippen molar-refractivity contribution in [3.8, 4) is 0 Å². The van der Waals surface area contributed by atoms with Crippen LogP contribution in [0.5, 0.6) is 0 Å². The molecule has 2 rings (SSSR count). The van der Waals surface area contributed by atoms with E-state index in [4.69, 9.17) is 0 Å². The van der Waals surface area contributed by atoms with Gasteiger partial charge in [-0.05, 0) is 43.7 Å². The second kappa shape index (κ2) is 5.52. The van der Waals surface area contributed by atoms with Gasteiger partial charge in [-0.25, -0.2) is 0 Å². The molecule has 0 nitrogen and oxygen atoms in total. The van der Waals surface area contributed by atoms with Gasteiger partial charge in [0.2, 0.25) is 0 Å². The molecule has 0 bridgehead atoms. The molecular weight excluding hydrogens is 192 g/mol. The van der Waals surface area contributed by atoms with E-state index in [2.05, 4.69) is 32.0 Å². The van der Waals surface area contributed by atoms with Gasteiger partial charge in [-0.1, -0.05) is 55.9 Å². The van der Waals surface area contributed by atoms with Crippen LogP contribution in [0.1, 0.15) is 67.6 Å². The molecule has 0 aromatic heterocycles. The number of benzene rings is 1. The predicted octanol–water partition coefficient (Wildman–Crippen LogP) is 5.13. The molecule has 0 heterocycles. The first kappa shape index (κ1) is 11.7. The van der Waals surface area contributed by atoms with Crippen molar-refractivity contribution in [2.45, 2.75) is 64.7 Å². The minimum Gasteiger partial charge on any atom is -0.0590 e. The number of aryl methyl sites for hydroxylation is 2. The van der Waals surface area contributed by atoms with E-state index in [1.54, 1.807) is 5.56 Å². The molecule has 0 N–H and O–H groups in total. The monoisotopic (exact) mass is 216 g/mol. The first-order chi connectivity index (χ1) is 7.77. The molecule has 1 aromatic carbocycles. The SMILES string of the molecule is Cc1ccc(C)c(C2CCCCCCC2)c1. The minimum atomic E-state index is 0.834. The highest BCUT2D eigenvalue weighted by atomic mass is 14.2. The van der Waals surface area contributed by atoms with Crippen molar-refractivity contribution in [1.82, 2.24) is 0 Å². The third kappa shape index (κ3) is 2.87. The average molecular weight is 216 g/mol. The van der Waals surface area contributed by atoms with E-state index in [0.29, 0.717) is 0 Å². The third-order valence-corrected chi connectivity index (χ3v) is 3.98. The minimum absolute atomic E-state index is 0.834. The lowest BCUT2D eigenvalue weighted by molar-refractivity contribution is 0.454. The molecule has 0 amide bonds. The predicted molar refractivity (Wildman–Crippen MR) is 71.0 cm³/mol. The van der Waals surface area contributed by atoms with E-state index in [1.165, 1.54) is 56.1 Å². The van der Waals surface area contributed by atoms with Crippen molar-refractivity contribution in [2.24, 2.45) is 0 Å². The fraction of sp³-hybridized carbons (Fsp3) is 0.625. The number of hydrogen-bond donors (Lipinski definition) is 0. The normalized spacial score (nSPS) is 19.1. The zero-order valence-corrected chi connectivity index (χ0v) is 10.8. The largest absolute Gasteiger partial charge is 0.0590 e. The lowest BCUT2D eigenvalue weighted by atomic mass is 9.83. The second-order valence-electron chi connectivity index (χ2n) is 5.40. The van der Waals surface area contributed by atoms with Crippen molar-refractivity contribution in [1.29, 1.82) is 0 Å². The Kier molecular flexibility index (Phi) is 4.04. The fourth-order valence-corrected chi connectivity index (χ4v) is 2.97. The Hall–Kier alpha value is -0.780. The van der Waals surface area contributed by atoms with Gasteiger partial charge in [-0.2, -0.15) is 0 Å². The summed E-state index contributed by atoms with van der Waals surface area (Å²) in [6, 6.07) is 6.95. The van der Waals surface area contributed by atoms with Crippen molar-refractivity contribution in [3.63, 3.8) is 0 Å². The van der Waals surface area contributed by atoms with Crippen LogP contribution in [0.2, 0.25) is 0 Å². The van der Waals surface area contributed by atoms with Gasteiger partial charge in [0.05, 0.1) is 0 Å². The maximum atomic E-state index is 2.42. The smallest absolute Gasteiger partial charge is 0.0159 e. The van der Waals surface area contributed by atoms with Gasteiger partial charge in [-0.3, -0.25) is 0 Å². The molecule has 1 saturated carbocycles. The Morgan fingerprint density at radius 2 is 1.50 bits per heavy atom. The van der Waals surface area contributed by atoms with Gasteiger partial charge < -0.3 is 0 Å². The van der Waals surface area contributed by atoms with Crippen molar-refractivity contribution in [2.75, 3.05) is 0 Å². The molecule has 16 heavy (non-hydrogen) atoms. The topological polar surface area (TPSA) is 0 Å². The van der Waals surface area contributed by atoms with E-state index < -0.39 is 0 Å². The van der Waals surface area contributed by atoms with E-state index in [0.717, 1.165) is 5.92 Å². The van der Waals surface area contributed by atoms with Gasteiger partial charge in [0, 0.05) is 0 Å². The molecule has 1 aliphatic rings. The second-order valence-corrected chi connectivity index (χ2v) is 5.40. The summed E-state index contributed by atoms with van der Waals surface area (Å²) >= 11 is 0. The van der Waals surface area contributed by atoms with Crippen LogP contribution in [-0.2, 0) is 0 Å². The molecule has 0 radical (unpaired) electrons. The van der Waals surface area contributed by atoms with E-state index in [1.807, 2.05) is 0 Å². The van der Waals surface area contributed by atoms with Crippen molar-refractivity contribution >= 4 is 0 Å². The highest BCUT2D eigenvalue weighted by Gasteiger charge is 2.15. The highest BCUT2D eigenvalue weighted by molar-refractivity contribution is 5.33. The zero-order valence-electron chi connectivity index (χ0n) is 10.8. The molecule has 0 spiro atoms. The first-order valence-corrected chi connectivity index (χ1v) is 6.84. The molecule has 0 heteroatoms. The Labute approximate surface area is 100 Å². The molecule has 0 atom stereocenters. The van der Waals surface area contributed by atoms with Gasteiger partial charge >= 0.3 is 0 Å². The summed E-state index contributed by atoms with van der Waals surface area (Å²) in [5.41, 5.74) is 4.54. The van der Waals surface area contributed by atoms with E-state index >= 15 is 0 Å². The lowest BCUT2D eigenvalue weighted by Gasteiger charge is -2.22. The van der Waals surface area contributed by atoms with Crippen LogP contribution in [0.4, 0.5) is 0 Å². The Morgan fingerprint density at radius 3 is 2.19 bits per heavy atom. The Morgan fingerprint density at radius 1 is 0.875 bits per heavy atom. The van der Waals surface area contributed by atoms with Crippen LogP contribution in [0.15, 0.2) is 18.2 Å². The number of rotatable bonds is 1. The Balaban J connectivity index is 2.16. The third-order valence-electron chi connectivity index (χ3n) is 3.98. The molecule has 1 aromatic rings. The van der Waals surface area contributed by atoms with E-state index in [9.17, 15) is 0 Å². The summed E-state index contributed by atoms with van der Waals surface area (Å²) in [6.07, 6.45) is 10.0. The molecule has 88 valence electrons. The first-order valence-electron chi connectivity index (χ1n) is 6.84. The van der Waals surface area contributed by atoms with Gasteiger partial charge in [0.1, 0.15) is 0 Å². The van der Waals surface area contributed by atoms with Gasteiger partial charge in [0.25, 0.3) is 0 Å². The lowest BCUT2D eigenvalue weighted by Crippen LogP contribution is -2.04. The summed E-state index contributed by atoms with van der Waals surface area (Å²) < 4.78 is 0. The van der Waals surface area contributed by atoms with Crippen molar-refractivity contribution < 1.29 is 0 Å². The van der Waals surface area contributed by atoms with Crippen LogP contribution in [0, 0.1) is 13.8 Å².